The van der Waals surface area contributed by atoms with Gasteiger partial charge in [-0.1, -0.05) is 31.2 Å². The molecule has 3 nitrogen and oxygen atoms in total. The lowest BCUT2D eigenvalue weighted by Gasteiger charge is -2.11. The van der Waals surface area contributed by atoms with Gasteiger partial charge in [-0.05, 0) is 35.6 Å². The van der Waals surface area contributed by atoms with Crippen LogP contribution in [0, 0.1) is 5.92 Å². The number of benzene rings is 1. The second kappa shape index (κ2) is 8.16. The van der Waals surface area contributed by atoms with E-state index < -0.39 is 5.97 Å². The average molecular weight is 267 g/mol. The highest BCUT2D eigenvalue weighted by molar-refractivity contribution is 7.98. The van der Waals surface area contributed by atoms with E-state index in [-0.39, 0.29) is 6.42 Å². The fourth-order valence-electron chi connectivity index (χ4n) is 1.76. The van der Waals surface area contributed by atoms with E-state index in [0.717, 1.165) is 18.7 Å². The van der Waals surface area contributed by atoms with Crippen LogP contribution < -0.4 is 5.32 Å². The van der Waals surface area contributed by atoms with Crippen molar-refractivity contribution in [3.05, 3.63) is 35.4 Å². The molecule has 0 radical (unpaired) electrons. The Kier molecular flexibility index (Phi) is 6.83. The fraction of sp³-hybridized carbons (Fsp3) is 0.500. The highest BCUT2D eigenvalue weighted by Crippen LogP contribution is 2.06. The number of hydrogen-bond acceptors (Lipinski definition) is 3. The lowest BCUT2D eigenvalue weighted by atomic mass is 10.1. The molecule has 0 aliphatic rings. The van der Waals surface area contributed by atoms with Crippen molar-refractivity contribution >= 4 is 17.7 Å². The maximum absolute atomic E-state index is 10.5. The largest absolute Gasteiger partial charge is 0.481 e. The molecule has 0 aliphatic carbocycles. The van der Waals surface area contributed by atoms with Crippen LogP contribution >= 0.6 is 11.8 Å². The van der Waals surface area contributed by atoms with Crippen LogP contribution in [0.15, 0.2) is 24.3 Å². The summed E-state index contributed by atoms with van der Waals surface area (Å²) in [6.07, 6.45) is 2.22. The van der Waals surface area contributed by atoms with Crippen LogP contribution in [-0.2, 0) is 17.8 Å². The summed E-state index contributed by atoms with van der Waals surface area (Å²) in [7, 11) is 0. The predicted molar refractivity (Wildman–Crippen MR) is 77.0 cm³/mol. The maximum atomic E-state index is 10.5. The van der Waals surface area contributed by atoms with Gasteiger partial charge in [-0.2, -0.15) is 11.8 Å². The Morgan fingerprint density at radius 2 is 1.94 bits per heavy atom. The zero-order chi connectivity index (χ0) is 13.4. The van der Waals surface area contributed by atoms with Gasteiger partial charge in [-0.15, -0.1) is 0 Å². The number of carboxylic acid groups (broad SMARTS) is 1. The second-order valence-electron chi connectivity index (χ2n) is 4.58. The van der Waals surface area contributed by atoms with E-state index in [4.69, 9.17) is 5.11 Å². The molecule has 1 aromatic rings. The molecule has 0 bridgehead atoms. The molecule has 1 aromatic carbocycles. The summed E-state index contributed by atoms with van der Waals surface area (Å²) in [5, 5.41) is 12.1. The zero-order valence-corrected chi connectivity index (χ0v) is 11.8. The minimum Gasteiger partial charge on any atom is -0.481 e. The van der Waals surface area contributed by atoms with Crippen LogP contribution in [0.1, 0.15) is 18.1 Å². The van der Waals surface area contributed by atoms with Gasteiger partial charge in [-0.25, -0.2) is 0 Å². The topological polar surface area (TPSA) is 49.3 Å². The third-order valence-corrected chi connectivity index (χ3v) is 3.55. The molecule has 0 aromatic heterocycles. The second-order valence-corrected chi connectivity index (χ2v) is 5.49. The molecule has 0 amide bonds. The smallest absolute Gasteiger partial charge is 0.307 e. The molecular formula is C14H21NO2S. The van der Waals surface area contributed by atoms with Gasteiger partial charge in [0.05, 0.1) is 6.42 Å². The van der Waals surface area contributed by atoms with Crippen molar-refractivity contribution in [3.8, 4) is 0 Å². The first-order chi connectivity index (χ1) is 8.61. The summed E-state index contributed by atoms with van der Waals surface area (Å²) in [4.78, 5) is 10.5. The maximum Gasteiger partial charge on any atom is 0.307 e. The molecule has 1 rings (SSSR count). The van der Waals surface area contributed by atoms with Gasteiger partial charge in [0.25, 0.3) is 0 Å². The Morgan fingerprint density at radius 1 is 1.33 bits per heavy atom. The normalized spacial score (nSPS) is 12.3. The van der Waals surface area contributed by atoms with E-state index in [1.165, 1.54) is 11.3 Å². The van der Waals surface area contributed by atoms with Gasteiger partial charge in [-0.3, -0.25) is 4.79 Å². The van der Waals surface area contributed by atoms with Gasteiger partial charge >= 0.3 is 5.97 Å². The Bertz CT molecular complexity index is 365. The predicted octanol–water partition coefficient (Wildman–Crippen LogP) is 2.40. The van der Waals surface area contributed by atoms with Crippen molar-refractivity contribution in [2.24, 2.45) is 5.92 Å². The number of nitrogens with one attached hydrogen (secondary N) is 1. The monoisotopic (exact) mass is 267 g/mol. The molecule has 0 aliphatic heterocycles. The SMILES string of the molecule is CSCC(C)CNCc1ccc(CC(=O)O)cc1. The quantitative estimate of drug-likeness (QED) is 0.759. The molecule has 2 N–H and O–H groups in total. The van der Waals surface area contributed by atoms with Gasteiger partial charge in [0.2, 0.25) is 0 Å². The van der Waals surface area contributed by atoms with Crippen molar-refractivity contribution < 1.29 is 9.90 Å². The average Bonchev–Trinajstić information content (AvgIpc) is 2.31. The summed E-state index contributed by atoms with van der Waals surface area (Å²) in [5.74, 6) is 1.06. The molecule has 1 unspecified atom stereocenters. The first-order valence-corrected chi connectivity index (χ1v) is 7.50. The standard InChI is InChI=1S/C14H21NO2S/c1-11(10-18-2)8-15-9-13-5-3-12(4-6-13)7-14(16)17/h3-6,11,15H,7-10H2,1-2H3,(H,16,17). The Morgan fingerprint density at radius 3 is 2.50 bits per heavy atom. The number of rotatable bonds is 8. The lowest BCUT2D eigenvalue weighted by molar-refractivity contribution is -0.136. The van der Waals surface area contributed by atoms with E-state index in [2.05, 4.69) is 18.5 Å². The summed E-state index contributed by atoms with van der Waals surface area (Å²) in [6, 6.07) is 7.75. The van der Waals surface area contributed by atoms with E-state index in [1.807, 2.05) is 36.0 Å². The van der Waals surface area contributed by atoms with Crippen molar-refractivity contribution in [2.75, 3.05) is 18.6 Å². The van der Waals surface area contributed by atoms with Gasteiger partial charge in [0.15, 0.2) is 0 Å². The number of thioether (sulfide) groups is 1. The molecule has 0 spiro atoms. The van der Waals surface area contributed by atoms with Crippen molar-refractivity contribution in [2.45, 2.75) is 19.9 Å². The highest BCUT2D eigenvalue weighted by atomic mass is 32.2. The van der Waals surface area contributed by atoms with E-state index in [9.17, 15) is 4.79 Å². The number of hydrogen-bond donors (Lipinski definition) is 2. The molecule has 0 saturated carbocycles. The molecule has 0 heterocycles. The number of carbonyl (C=O) groups is 1. The first-order valence-electron chi connectivity index (χ1n) is 6.11. The minimum atomic E-state index is -0.785. The van der Waals surface area contributed by atoms with E-state index in [1.54, 1.807) is 0 Å². The summed E-state index contributed by atoms with van der Waals surface area (Å²) >= 11 is 1.87. The fourth-order valence-corrected chi connectivity index (χ4v) is 2.44. The molecule has 4 heteroatoms. The van der Waals surface area contributed by atoms with Crippen LogP contribution in [0.4, 0.5) is 0 Å². The molecule has 100 valence electrons. The van der Waals surface area contributed by atoms with Gasteiger partial charge in [0, 0.05) is 6.54 Å². The summed E-state index contributed by atoms with van der Waals surface area (Å²) in [6.45, 7) is 4.09. The van der Waals surface area contributed by atoms with Crippen LogP contribution in [-0.4, -0.2) is 29.6 Å². The van der Waals surface area contributed by atoms with Crippen LogP contribution in [0.5, 0.6) is 0 Å². The third kappa shape index (κ3) is 6.07. The van der Waals surface area contributed by atoms with Crippen LogP contribution in [0.3, 0.4) is 0 Å². The molecule has 1 atom stereocenters. The number of aliphatic carboxylic acids is 1. The van der Waals surface area contributed by atoms with E-state index >= 15 is 0 Å². The molecule has 0 fully saturated rings. The van der Waals surface area contributed by atoms with Crippen LogP contribution in [0.2, 0.25) is 0 Å². The Balaban J connectivity index is 2.32. The Labute approximate surface area is 113 Å². The summed E-state index contributed by atoms with van der Waals surface area (Å²) < 4.78 is 0. The van der Waals surface area contributed by atoms with Gasteiger partial charge in [0.1, 0.15) is 0 Å². The van der Waals surface area contributed by atoms with Crippen LogP contribution in [0.25, 0.3) is 0 Å². The highest BCUT2D eigenvalue weighted by Gasteiger charge is 2.02. The summed E-state index contributed by atoms with van der Waals surface area (Å²) in [5.41, 5.74) is 2.04. The Hall–Kier alpha value is -1.00. The molecule has 0 saturated heterocycles. The van der Waals surface area contributed by atoms with Crippen molar-refractivity contribution in [3.63, 3.8) is 0 Å². The molecular weight excluding hydrogens is 246 g/mol. The van der Waals surface area contributed by atoms with Gasteiger partial charge < -0.3 is 10.4 Å². The van der Waals surface area contributed by atoms with E-state index in [0.29, 0.717) is 5.92 Å². The first kappa shape index (κ1) is 15.1. The lowest BCUT2D eigenvalue weighted by Crippen LogP contribution is -2.22. The van der Waals surface area contributed by atoms with Crippen molar-refractivity contribution in [1.29, 1.82) is 0 Å². The van der Waals surface area contributed by atoms with Crippen molar-refractivity contribution in [1.82, 2.24) is 5.32 Å². The molecule has 18 heavy (non-hydrogen) atoms. The zero-order valence-electron chi connectivity index (χ0n) is 11.0. The minimum absolute atomic E-state index is 0.0957. The number of carboxylic acids is 1. The third-order valence-electron chi connectivity index (χ3n) is 2.65.